The lowest BCUT2D eigenvalue weighted by atomic mass is 9.89. The Labute approximate surface area is 146 Å². The van der Waals surface area contributed by atoms with E-state index in [-0.39, 0.29) is 0 Å². The van der Waals surface area contributed by atoms with Crippen molar-refractivity contribution in [2.45, 2.75) is 31.7 Å². The number of hydrogen-bond donors (Lipinski definition) is 1. The molecule has 2 aromatic carbocycles. The van der Waals surface area contributed by atoms with Gasteiger partial charge in [0.15, 0.2) is 0 Å². The quantitative estimate of drug-likeness (QED) is 0.926. The molecule has 1 fully saturated rings. The Balaban J connectivity index is 1.38. The van der Waals surface area contributed by atoms with Crippen molar-refractivity contribution in [3.8, 4) is 5.75 Å². The van der Waals surface area contributed by atoms with Crippen LogP contribution in [0.4, 0.5) is 10.1 Å². The highest BCUT2D eigenvalue weighted by molar-refractivity contribution is 5.96. The number of benzene rings is 2. The number of rotatable bonds is 3. The van der Waals surface area contributed by atoms with Gasteiger partial charge in [-0.25, -0.2) is 0 Å². The van der Waals surface area contributed by atoms with Crippen LogP contribution in [0.1, 0.15) is 29.9 Å². The van der Waals surface area contributed by atoms with E-state index in [9.17, 15) is 9.18 Å². The van der Waals surface area contributed by atoms with Gasteiger partial charge in [0.25, 0.3) is 5.91 Å². The lowest BCUT2D eigenvalue weighted by Crippen LogP contribution is -2.34. The number of anilines is 1. The molecule has 0 bridgehead atoms. The van der Waals surface area contributed by atoms with Gasteiger partial charge < -0.3 is 10.1 Å². The van der Waals surface area contributed by atoms with Crippen LogP contribution >= 0.6 is 0 Å². The SMILES string of the molecule is O=C1Nc2cc(CN3CCC(c4ccccc4)CC3)ccc2OC1F. The van der Waals surface area contributed by atoms with E-state index < -0.39 is 12.3 Å². The van der Waals surface area contributed by atoms with Crippen LogP contribution in [-0.4, -0.2) is 30.3 Å². The van der Waals surface area contributed by atoms with Crippen molar-refractivity contribution in [1.29, 1.82) is 0 Å². The molecule has 130 valence electrons. The minimum atomic E-state index is -1.92. The van der Waals surface area contributed by atoms with Gasteiger partial charge in [0.1, 0.15) is 5.75 Å². The number of hydrogen-bond acceptors (Lipinski definition) is 3. The van der Waals surface area contributed by atoms with E-state index in [2.05, 4.69) is 40.5 Å². The number of nitrogens with zero attached hydrogens (tertiary/aromatic N) is 1. The molecule has 2 aliphatic heterocycles. The standard InChI is InChI=1S/C20H21FN2O2/c21-19-20(24)22-17-12-14(6-7-18(17)25-19)13-23-10-8-16(9-11-23)15-4-2-1-3-5-15/h1-7,12,16,19H,8-11,13H2,(H,22,24). The first-order valence-electron chi connectivity index (χ1n) is 8.71. The number of carbonyl (C=O) groups excluding carboxylic acids is 1. The summed E-state index contributed by atoms with van der Waals surface area (Å²) in [4.78, 5) is 13.8. The maximum Gasteiger partial charge on any atom is 0.317 e. The number of likely N-dealkylation sites (tertiary alicyclic amines) is 1. The first-order chi connectivity index (χ1) is 12.2. The summed E-state index contributed by atoms with van der Waals surface area (Å²) in [5.74, 6) is 0.280. The minimum Gasteiger partial charge on any atom is -0.450 e. The van der Waals surface area contributed by atoms with E-state index in [4.69, 9.17) is 4.74 Å². The molecule has 2 aromatic rings. The first-order valence-corrected chi connectivity index (χ1v) is 8.71. The van der Waals surface area contributed by atoms with Gasteiger partial charge in [0.05, 0.1) is 5.69 Å². The van der Waals surface area contributed by atoms with E-state index in [1.807, 2.05) is 12.1 Å². The summed E-state index contributed by atoms with van der Waals surface area (Å²) < 4.78 is 18.2. The fourth-order valence-electron chi connectivity index (χ4n) is 3.64. The molecule has 1 atom stereocenters. The number of amides is 1. The number of piperidine rings is 1. The Bertz CT molecular complexity index is 758. The average molecular weight is 340 g/mol. The number of fused-ring (bicyclic) bond motifs is 1. The predicted octanol–water partition coefficient (Wildman–Crippen LogP) is 3.69. The van der Waals surface area contributed by atoms with Crippen molar-refractivity contribution in [1.82, 2.24) is 4.90 Å². The normalized spacial score (nSPS) is 21.3. The summed E-state index contributed by atoms with van der Waals surface area (Å²) >= 11 is 0. The summed E-state index contributed by atoms with van der Waals surface area (Å²) in [6.45, 7) is 2.92. The van der Waals surface area contributed by atoms with Crippen molar-refractivity contribution >= 4 is 11.6 Å². The molecule has 0 radical (unpaired) electrons. The van der Waals surface area contributed by atoms with E-state index >= 15 is 0 Å². The summed E-state index contributed by atoms with van der Waals surface area (Å²) in [7, 11) is 0. The van der Waals surface area contributed by atoms with Crippen LogP contribution < -0.4 is 10.1 Å². The van der Waals surface area contributed by atoms with Gasteiger partial charge in [-0.15, -0.1) is 0 Å². The predicted molar refractivity (Wildman–Crippen MR) is 94.3 cm³/mol. The second-order valence-electron chi connectivity index (χ2n) is 6.71. The lowest BCUT2D eigenvalue weighted by molar-refractivity contribution is -0.130. The van der Waals surface area contributed by atoms with Gasteiger partial charge in [-0.2, -0.15) is 4.39 Å². The van der Waals surface area contributed by atoms with Crippen LogP contribution in [0.5, 0.6) is 5.75 Å². The van der Waals surface area contributed by atoms with Gasteiger partial charge in [0.2, 0.25) is 0 Å². The van der Waals surface area contributed by atoms with E-state index in [0.717, 1.165) is 38.0 Å². The molecular weight excluding hydrogens is 319 g/mol. The smallest absolute Gasteiger partial charge is 0.317 e. The molecule has 0 aliphatic carbocycles. The molecule has 1 unspecified atom stereocenters. The second-order valence-corrected chi connectivity index (χ2v) is 6.71. The van der Waals surface area contributed by atoms with E-state index in [0.29, 0.717) is 17.4 Å². The maximum atomic E-state index is 13.3. The third-order valence-electron chi connectivity index (χ3n) is 5.00. The fraction of sp³-hybridized carbons (Fsp3) is 0.350. The van der Waals surface area contributed by atoms with Crippen molar-refractivity contribution in [2.24, 2.45) is 0 Å². The molecule has 0 spiro atoms. The minimum absolute atomic E-state index is 0.388. The van der Waals surface area contributed by atoms with Crippen molar-refractivity contribution < 1.29 is 13.9 Å². The number of nitrogens with one attached hydrogen (secondary N) is 1. The molecule has 2 aliphatic rings. The van der Waals surface area contributed by atoms with Gasteiger partial charge in [-0.05, 0) is 55.1 Å². The summed E-state index contributed by atoms with van der Waals surface area (Å²) in [5, 5.41) is 2.56. The van der Waals surface area contributed by atoms with Crippen LogP contribution in [0.2, 0.25) is 0 Å². The molecule has 4 rings (SSSR count). The summed E-state index contributed by atoms with van der Waals surface area (Å²) in [5.41, 5.74) is 3.07. The zero-order valence-electron chi connectivity index (χ0n) is 14.0. The molecule has 4 nitrogen and oxygen atoms in total. The molecule has 2 heterocycles. The topological polar surface area (TPSA) is 41.6 Å². The highest BCUT2D eigenvalue weighted by Gasteiger charge is 2.27. The monoisotopic (exact) mass is 340 g/mol. The van der Waals surface area contributed by atoms with Crippen LogP contribution in [0.15, 0.2) is 48.5 Å². The van der Waals surface area contributed by atoms with Gasteiger partial charge in [-0.1, -0.05) is 36.4 Å². The lowest BCUT2D eigenvalue weighted by Gasteiger charge is -2.32. The zero-order chi connectivity index (χ0) is 17.2. The van der Waals surface area contributed by atoms with Gasteiger partial charge in [-0.3, -0.25) is 9.69 Å². The summed E-state index contributed by atoms with van der Waals surface area (Å²) in [6, 6.07) is 16.2. The second kappa shape index (κ2) is 6.84. The Hall–Kier alpha value is -2.40. The van der Waals surface area contributed by atoms with Crippen LogP contribution in [0, 0.1) is 0 Å². The number of ether oxygens (including phenoxy) is 1. The van der Waals surface area contributed by atoms with Crippen molar-refractivity contribution in [3.63, 3.8) is 0 Å². The van der Waals surface area contributed by atoms with Gasteiger partial charge >= 0.3 is 6.36 Å². The highest BCUT2D eigenvalue weighted by atomic mass is 19.1. The van der Waals surface area contributed by atoms with Gasteiger partial charge in [0, 0.05) is 6.54 Å². The van der Waals surface area contributed by atoms with E-state index in [1.165, 1.54) is 5.56 Å². The molecule has 25 heavy (non-hydrogen) atoms. The third-order valence-corrected chi connectivity index (χ3v) is 5.00. The van der Waals surface area contributed by atoms with E-state index in [1.54, 1.807) is 6.07 Å². The van der Waals surface area contributed by atoms with Crippen LogP contribution in [-0.2, 0) is 11.3 Å². The molecule has 5 heteroatoms. The number of halogens is 1. The Morgan fingerprint density at radius 3 is 2.64 bits per heavy atom. The zero-order valence-corrected chi connectivity index (χ0v) is 14.0. The number of alkyl halides is 1. The fourth-order valence-corrected chi connectivity index (χ4v) is 3.64. The largest absolute Gasteiger partial charge is 0.450 e. The Morgan fingerprint density at radius 2 is 1.88 bits per heavy atom. The maximum absolute atomic E-state index is 13.3. The summed E-state index contributed by atoms with van der Waals surface area (Å²) in [6.07, 6.45) is 0.381. The van der Waals surface area contributed by atoms with Crippen molar-refractivity contribution in [3.05, 3.63) is 59.7 Å². The molecule has 0 saturated carbocycles. The molecule has 1 saturated heterocycles. The first kappa shape index (κ1) is 16.1. The number of carbonyl (C=O) groups is 1. The van der Waals surface area contributed by atoms with Crippen molar-refractivity contribution in [2.75, 3.05) is 18.4 Å². The third kappa shape index (κ3) is 3.51. The Kier molecular flexibility index (Phi) is 4.40. The molecular formula is C20H21FN2O2. The van der Waals surface area contributed by atoms with Crippen LogP contribution in [0.25, 0.3) is 0 Å². The highest BCUT2D eigenvalue weighted by Crippen LogP contribution is 2.32. The molecule has 1 amide bonds. The average Bonchev–Trinajstić information content (AvgIpc) is 2.64. The molecule has 1 N–H and O–H groups in total. The Morgan fingerprint density at radius 1 is 1.12 bits per heavy atom. The molecule has 0 aromatic heterocycles. The van der Waals surface area contributed by atoms with Crippen LogP contribution in [0.3, 0.4) is 0 Å².